The molecule has 0 saturated carbocycles. The van der Waals surface area contributed by atoms with Gasteiger partial charge in [-0.15, -0.1) is 0 Å². The molecule has 0 aliphatic rings. The van der Waals surface area contributed by atoms with Crippen LogP contribution in [0.25, 0.3) is 0 Å². The van der Waals surface area contributed by atoms with Crippen LogP contribution in [0.4, 0.5) is 0 Å². The van der Waals surface area contributed by atoms with E-state index in [0.717, 1.165) is 44.9 Å². The van der Waals surface area contributed by atoms with Gasteiger partial charge in [-0.2, -0.15) is 0 Å². The Hall–Kier alpha value is -1.73. The fourth-order valence-corrected chi connectivity index (χ4v) is 11.0. The Morgan fingerprint density at radius 2 is 0.577 bits per heavy atom. The zero-order valence-electron chi connectivity index (χ0n) is 52.4. The summed E-state index contributed by atoms with van der Waals surface area (Å²) in [6.45, 7) is 4.09. The predicted molar refractivity (Wildman–Crippen MR) is 343 cm³/mol. The predicted octanol–water partition coefficient (Wildman–Crippen LogP) is 21.7. The highest BCUT2D eigenvalue weighted by Gasteiger charge is 2.28. The van der Waals surface area contributed by atoms with Gasteiger partial charge in [-0.05, 0) is 83.5 Å². The average molecular weight is 1100 g/mol. The van der Waals surface area contributed by atoms with E-state index in [4.69, 9.17) is 0 Å². The highest BCUT2D eigenvalue weighted by molar-refractivity contribution is 5.80. The Bertz CT molecular complexity index is 1280. The third kappa shape index (κ3) is 58.9. The van der Waals surface area contributed by atoms with Crippen LogP contribution < -0.4 is 5.32 Å². The van der Waals surface area contributed by atoms with E-state index in [1.807, 2.05) is 0 Å². The van der Waals surface area contributed by atoms with Crippen molar-refractivity contribution < 1.29 is 25.2 Å². The summed E-state index contributed by atoms with van der Waals surface area (Å²) < 4.78 is 0. The summed E-state index contributed by atoms with van der Waals surface area (Å²) in [6.07, 6.45) is 86.7. The van der Waals surface area contributed by atoms with Gasteiger partial charge in [-0.3, -0.25) is 4.79 Å². The molecule has 6 heteroatoms. The van der Waals surface area contributed by atoms with Crippen molar-refractivity contribution in [1.82, 2.24) is 5.32 Å². The summed E-state index contributed by atoms with van der Waals surface area (Å²) in [5.41, 5.74) is 0. The van der Waals surface area contributed by atoms with Crippen LogP contribution in [0.1, 0.15) is 373 Å². The van der Waals surface area contributed by atoms with Crippen LogP contribution in [0, 0.1) is 0 Å². The van der Waals surface area contributed by atoms with Crippen LogP contribution in [0.2, 0.25) is 0 Å². The molecule has 0 radical (unpaired) electrons. The van der Waals surface area contributed by atoms with Crippen molar-refractivity contribution >= 4 is 5.91 Å². The van der Waals surface area contributed by atoms with E-state index in [0.29, 0.717) is 19.3 Å². The molecule has 6 nitrogen and oxygen atoms in total. The van der Waals surface area contributed by atoms with Gasteiger partial charge in [0.1, 0.15) is 12.2 Å². The van der Waals surface area contributed by atoms with E-state index in [1.165, 1.54) is 295 Å². The van der Waals surface area contributed by atoms with E-state index in [-0.39, 0.29) is 0 Å². The quantitative estimate of drug-likeness (QED) is 0.0308. The van der Waals surface area contributed by atoms with Gasteiger partial charge in [-0.25, -0.2) is 0 Å². The first-order valence-electron chi connectivity index (χ1n) is 35.0. The summed E-state index contributed by atoms with van der Waals surface area (Å²) in [5.74, 6) is -0.593. The molecule has 0 aliphatic heterocycles. The molecule has 0 rings (SSSR count). The monoisotopic (exact) mass is 1100 g/mol. The number of aliphatic hydroxyl groups is 4. The molecule has 460 valence electrons. The molecular weight excluding hydrogens is 959 g/mol. The van der Waals surface area contributed by atoms with Crippen LogP contribution in [0.3, 0.4) is 0 Å². The topological polar surface area (TPSA) is 110 Å². The molecule has 0 aromatic rings. The molecule has 78 heavy (non-hydrogen) atoms. The van der Waals surface area contributed by atoms with Gasteiger partial charge in [0, 0.05) is 0 Å². The van der Waals surface area contributed by atoms with Crippen LogP contribution >= 0.6 is 0 Å². The summed E-state index contributed by atoms with van der Waals surface area (Å²) in [7, 11) is 0. The van der Waals surface area contributed by atoms with Crippen molar-refractivity contribution in [2.24, 2.45) is 0 Å². The van der Waals surface area contributed by atoms with E-state index in [2.05, 4.69) is 67.8 Å². The molecule has 0 aromatic carbocycles. The van der Waals surface area contributed by atoms with Crippen molar-refractivity contribution in [3.8, 4) is 0 Å². The summed E-state index contributed by atoms with van der Waals surface area (Å²) in [5, 5.41) is 44.2. The second-order valence-corrected chi connectivity index (χ2v) is 24.2. The number of unbranched alkanes of at least 4 members (excludes halogenated alkanes) is 48. The van der Waals surface area contributed by atoms with Crippen molar-refractivity contribution in [2.75, 3.05) is 6.61 Å². The number of amides is 1. The normalized spacial score (nSPS) is 13.8. The molecule has 4 atom stereocenters. The number of carbonyl (C=O) groups excluding carboxylic acids is 1. The molecule has 0 spiro atoms. The van der Waals surface area contributed by atoms with Gasteiger partial charge in [0.15, 0.2) is 0 Å². The van der Waals surface area contributed by atoms with Gasteiger partial charge in [0.25, 0.3) is 0 Å². The molecule has 0 aromatic heterocycles. The van der Waals surface area contributed by atoms with E-state index in [9.17, 15) is 25.2 Å². The van der Waals surface area contributed by atoms with Crippen molar-refractivity contribution in [3.63, 3.8) is 0 Å². The molecule has 5 N–H and O–H groups in total. The summed E-state index contributed by atoms with van der Waals surface area (Å²) in [4.78, 5) is 12.7. The number of allylic oxidation sites excluding steroid dienone is 8. The first kappa shape index (κ1) is 76.3. The van der Waals surface area contributed by atoms with E-state index in [1.54, 1.807) is 0 Å². The Morgan fingerprint density at radius 1 is 0.321 bits per heavy atom. The van der Waals surface area contributed by atoms with Gasteiger partial charge in [-0.1, -0.05) is 339 Å². The SMILES string of the molecule is CCCCCCCCCCCCCCC/C=C\C/C=C\CCCCCCCCCCCCCCCCCCC(O)C(=O)NC(CO)C(O)C(O)CCC/C=C/CC/C=C/CCCCCCCCCCCCCCCCCCC. The number of hydrogen-bond acceptors (Lipinski definition) is 5. The zero-order chi connectivity index (χ0) is 56.6. The second kappa shape index (κ2) is 66.1. The molecular formula is C72H137NO5. The number of carbonyl (C=O) groups is 1. The lowest BCUT2D eigenvalue weighted by molar-refractivity contribution is -0.132. The second-order valence-electron chi connectivity index (χ2n) is 24.2. The zero-order valence-corrected chi connectivity index (χ0v) is 52.4. The molecule has 0 bridgehead atoms. The molecule has 1 amide bonds. The largest absolute Gasteiger partial charge is 0.394 e. The number of hydrogen-bond donors (Lipinski definition) is 5. The summed E-state index contributed by atoms with van der Waals surface area (Å²) in [6, 6.07) is -1.01. The Morgan fingerprint density at radius 3 is 0.885 bits per heavy atom. The highest BCUT2D eigenvalue weighted by Crippen LogP contribution is 2.19. The van der Waals surface area contributed by atoms with Crippen LogP contribution in [-0.2, 0) is 4.79 Å². The van der Waals surface area contributed by atoms with Gasteiger partial charge in [0.2, 0.25) is 5.91 Å². The lowest BCUT2D eigenvalue weighted by atomic mass is 10.00. The molecule has 0 fully saturated rings. The van der Waals surface area contributed by atoms with Crippen molar-refractivity contribution in [1.29, 1.82) is 0 Å². The highest BCUT2D eigenvalue weighted by atomic mass is 16.3. The maximum atomic E-state index is 12.7. The fraction of sp³-hybridized carbons (Fsp3) is 0.875. The van der Waals surface area contributed by atoms with Gasteiger partial charge >= 0.3 is 0 Å². The lowest BCUT2D eigenvalue weighted by Gasteiger charge is -2.27. The minimum atomic E-state index is -1.29. The summed E-state index contributed by atoms with van der Waals surface area (Å²) >= 11 is 0. The molecule has 0 aliphatic carbocycles. The Kier molecular flexibility index (Phi) is 64.6. The molecule has 0 saturated heterocycles. The Labute approximate surface area is 487 Å². The maximum Gasteiger partial charge on any atom is 0.249 e. The number of aliphatic hydroxyl groups excluding tert-OH is 4. The fourth-order valence-electron chi connectivity index (χ4n) is 11.0. The third-order valence-corrected chi connectivity index (χ3v) is 16.5. The van der Waals surface area contributed by atoms with Crippen molar-refractivity contribution in [3.05, 3.63) is 48.6 Å². The number of rotatable bonds is 65. The molecule has 0 heterocycles. The van der Waals surface area contributed by atoms with Crippen LogP contribution in [0.15, 0.2) is 48.6 Å². The number of nitrogens with one attached hydrogen (secondary N) is 1. The van der Waals surface area contributed by atoms with Crippen LogP contribution in [0.5, 0.6) is 0 Å². The van der Waals surface area contributed by atoms with Crippen LogP contribution in [-0.4, -0.2) is 57.3 Å². The first-order chi connectivity index (χ1) is 38.5. The molecule has 4 unspecified atom stereocenters. The maximum absolute atomic E-state index is 12.7. The van der Waals surface area contributed by atoms with Crippen molar-refractivity contribution in [2.45, 2.75) is 398 Å². The van der Waals surface area contributed by atoms with E-state index >= 15 is 0 Å². The Balaban J connectivity index is 3.59. The minimum Gasteiger partial charge on any atom is -0.394 e. The smallest absolute Gasteiger partial charge is 0.249 e. The standard InChI is InChI=1S/C72H137NO5/c1-3-5-7-9-11-13-15-17-19-21-23-25-27-29-31-32-33-34-35-36-37-38-39-40-42-44-46-48-50-52-54-56-58-60-62-64-66-70(76)72(78)73-68(67-74)71(77)69(75)65-63-61-59-57-55-53-51-49-47-45-43-41-30-28-26-24-22-20-18-16-14-12-10-8-6-4-2/h31-32,34-35,49,51,57,59,68-71,74-77H,3-30,33,36-48,50,52-56,58,60-67H2,1-2H3,(H,73,78)/b32-31-,35-34-,51-49+,59-57+. The van der Waals surface area contributed by atoms with E-state index < -0.39 is 36.9 Å². The lowest BCUT2D eigenvalue weighted by Crippen LogP contribution is -2.53. The third-order valence-electron chi connectivity index (χ3n) is 16.5. The first-order valence-corrected chi connectivity index (χ1v) is 35.0. The van der Waals surface area contributed by atoms with Gasteiger partial charge in [0.05, 0.1) is 18.8 Å². The average Bonchev–Trinajstić information content (AvgIpc) is 3.45. The minimum absolute atomic E-state index is 0.360. The van der Waals surface area contributed by atoms with Gasteiger partial charge < -0.3 is 25.7 Å².